The first-order chi connectivity index (χ1) is 11.6. The highest BCUT2D eigenvalue weighted by molar-refractivity contribution is 5.94. The number of hydrogen-bond acceptors (Lipinski definition) is 3. The number of nitrogens with zero attached hydrogens (tertiary/aromatic N) is 2. The van der Waals surface area contributed by atoms with Gasteiger partial charge in [0, 0.05) is 29.8 Å². The van der Waals surface area contributed by atoms with Crippen LogP contribution in [0.5, 0.6) is 0 Å². The Kier molecular flexibility index (Phi) is 4.61. The van der Waals surface area contributed by atoms with Crippen LogP contribution in [-0.4, -0.2) is 15.9 Å². The molecule has 1 amide bonds. The van der Waals surface area contributed by atoms with E-state index in [-0.39, 0.29) is 5.82 Å². The maximum Gasteiger partial charge on any atom is 0.250 e. The van der Waals surface area contributed by atoms with Gasteiger partial charge >= 0.3 is 0 Å². The Morgan fingerprint density at radius 2 is 1.75 bits per heavy atom. The van der Waals surface area contributed by atoms with Crippen LogP contribution in [0.1, 0.15) is 21.6 Å². The number of rotatable bonds is 5. The number of hydrogen-bond donors (Lipinski definition) is 1. The molecule has 0 aliphatic rings. The van der Waals surface area contributed by atoms with Gasteiger partial charge in [-0.3, -0.25) is 14.8 Å². The van der Waals surface area contributed by atoms with Crippen LogP contribution in [0.15, 0.2) is 61.1 Å². The minimum Gasteiger partial charge on any atom is -0.366 e. The molecule has 120 valence electrons. The molecule has 0 fully saturated rings. The van der Waals surface area contributed by atoms with Gasteiger partial charge in [-0.2, -0.15) is 0 Å². The van der Waals surface area contributed by atoms with Gasteiger partial charge in [-0.15, -0.1) is 0 Å². The fourth-order valence-corrected chi connectivity index (χ4v) is 2.52. The van der Waals surface area contributed by atoms with E-state index in [0.717, 1.165) is 28.8 Å². The number of primary amides is 1. The highest BCUT2D eigenvalue weighted by Gasteiger charge is 2.11. The number of aryl methyl sites for hydroxylation is 2. The number of nitrogens with two attached hydrogens (primary N) is 1. The predicted octanol–water partition coefficient (Wildman–Crippen LogP) is 3.17. The minimum absolute atomic E-state index is 0.309. The third-order valence-corrected chi connectivity index (χ3v) is 3.81. The van der Waals surface area contributed by atoms with Crippen LogP contribution in [0, 0.1) is 5.82 Å². The van der Waals surface area contributed by atoms with E-state index in [9.17, 15) is 9.18 Å². The first kappa shape index (κ1) is 15.8. The lowest BCUT2D eigenvalue weighted by atomic mass is 9.98. The molecular weight excluding hydrogens is 305 g/mol. The first-order valence-corrected chi connectivity index (χ1v) is 7.57. The quantitative estimate of drug-likeness (QED) is 0.785. The number of carbonyl (C=O) groups is 1. The van der Waals surface area contributed by atoms with Crippen molar-refractivity contribution in [3.63, 3.8) is 0 Å². The fraction of sp³-hybridized carbons (Fsp3) is 0.105. The van der Waals surface area contributed by atoms with Crippen molar-refractivity contribution in [2.75, 3.05) is 0 Å². The Hall–Kier alpha value is -3.08. The second-order valence-corrected chi connectivity index (χ2v) is 5.44. The standard InChI is InChI=1S/C19H16FN3O/c20-16-4-2-14(3-5-16)17-11-15(19(21)24)12-23-18(17)6-1-13-7-9-22-10-8-13/h2-5,7-12H,1,6H2,(H2,21,24). The summed E-state index contributed by atoms with van der Waals surface area (Å²) in [7, 11) is 0. The van der Waals surface area contributed by atoms with Gasteiger partial charge in [-0.05, 0) is 54.3 Å². The zero-order chi connectivity index (χ0) is 16.9. The van der Waals surface area contributed by atoms with Crippen LogP contribution in [-0.2, 0) is 12.8 Å². The van der Waals surface area contributed by atoms with Crippen molar-refractivity contribution in [3.8, 4) is 11.1 Å². The van der Waals surface area contributed by atoms with Crippen molar-refractivity contribution in [2.24, 2.45) is 5.73 Å². The van der Waals surface area contributed by atoms with Gasteiger partial charge < -0.3 is 5.73 Å². The van der Waals surface area contributed by atoms with E-state index in [2.05, 4.69) is 9.97 Å². The molecule has 0 unspecified atom stereocenters. The summed E-state index contributed by atoms with van der Waals surface area (Å²) in [6.45, 7) is 0. The van der Waals surface area contributed by atoms with Gasteiger partial charge in [0.2, 0.25) is 5.91 Å². The predicted molar refractivity (Wildman–Crippen MR) is 89.8 cm³/mol. The van der Waals surface area contributed by atoms with Gasteiger partial charge in [0.25, 0.3) is 0 Å². The maximum absolute atomic E-state index is 13.2. The molecule has 1 aromatic carbocycles. The van der Waals surface area contributed by atoms with Crippen LogP contribution >= 0.6 is 0 Å². The molecule has 0 saturated heterocycles. The molecular formula is C19H16FN3O. The Morgan fingerprint density at radius 3 is 2.42 bits per heavy atom. The molecule has 0 atom stereocenters. The molecule has 5 heteroatoms. The summed E-state index contributed by atoms with van der Waals surface area (Å²) in [4.78, 5) is 19.9. The molecule has 0 spiro atoms. The summed E-state index contributed by atoms with van der Waals surface area (Å²) in [5, 5.41) is 0. The monoisotopic (exact) mass is 321 g/mol. The van der Waals surface area contributed by atoms with E-state index in [0.29, 0.717) is 12.0 Å². The molecule has 2 heterocycles. The average Bonchev–Trinajstić information content (AvgIpc) is 2.61. The zero-order valence-electron chi connectivity index (χ0n) is 12.9. The lowest BCUT2D eigenvalue weighted by Crippen LogP contribution is -2.12. The molecule has 24 heavy (non-hydrogen) atoms. The first-order valence-electron chi connectivity index (χ1n) is 7.57. The second-order valence-electron chi connectivity index (χ2n) is 5.44. The Bertz CT molecular complexity index is 848. The smallest absolute Gasteiger partial charge is 0.250 e. The van der Waals surface area contributed by atoms with Gasteiger partial charge in [0.1, 0.15) is 5.82 Å². The summed E-state index contributed by atoms with van der Waals surface area (Å²) in [6, 6.07) is 11.7. The van der Waals surface area contributed by atoms with Crippen molar-refractivity contribution in [1.82, 2.24) is 9.97 Å². The van der Waals surface area contributed by atoms with E-state index in [1.807, 2.05) is 12.1 Å². The van der Waals surface area contributed by atoms with Crippen molar-refractivity contribution in [3.05, 3.63) is 83.7 Å². The van der Waals surface area contributed by atoms with Gasteiger partial charge in [-0.25, -0.2) is 4.39 Å². The molecule has 3 aromatic rings. The van der Waals surface area contributed by atoms with E-state index < -0.39 is 5.91 Å². The van der Waals surface area contributed by atoms with E-state index in [1.165, 1.54) is 18.3 Å². The Labute approximate surface area is 139 Å². The summed E-state index contributed by atoms with van der Waals surface area (Å²) >= 11 is 0. The third-order valence-electron chi connectivity index (χ3n) is 3.81. The number of pyridine rings is 2. The molecule has 0 aliphatic carbocycles. The van der Waals surface area contributed by atoms with Crippen LogP contribution in [0.3, 0.4) is 0 Å². The van der Waals surface area contributed by atoms with Gasteiger partial charge in [-0.1, -0.05) is 12.1 Å². The molecule has 0 bridgehead atoms. The van der Waals surface area contributed by atoms with Crippen molar-refractivity contribution >= 4 is 5.91 Å². The van der Waals surface area contributed by atoms with E-state index in [4.69, 9.17) is 5.73 Å². The lowest BCUT2D eigenvalue weighted by molar-refractivity contribution is 0.1000. The topological polar surface area (TPSA) is 68.9 Å². The summed E-state index contributed by atoms with van der Waals surface area (Å²) in [5.41, 5.74) is 9.27. The molecule has 2 N–H and O–H groups in total. The molecule has 3 rings (SSSR count). The SMILES string of the molecule is NC(=O)c1cnc(CCc2ccncc2)c(-c2ccc(F)cc2)c1. The summed E-state index contributed by atoms with van der Waals surface area (Å²) < 4.78 is 13.2. The molecule has 0 aliphatic heterocycles. The molecule has 0 radical (unpaired) electrons. The van der Waals surface area contributed by atoms with Crippen LogP contribution in [0.25, 0.3) is 11.1 Å². The van der Waals surface area contributed by atoms with Gasteiger partial charge in [0.15, 0.2) is 0 Å². The van der Waals surface area contributed by atoms with Crippen molar-refractivity contribution < 1.29 is 9.18 Å². The third kappa shape index (κ3) is 3.63. The van der Waals surface area contributed by atoms with Crippen molar-refractivity contribution in [1.29, 1.82) is 0 Å². The molecule has 0 saturated carbocycles. The van der Waals surface area contributed by atoms with Gasteiger partial charge in [0.05, 0.1) is 5.56 Å². The second kappa shape index (κ2) is 7.00. The van der Waals surface area contributed by atoms with E-state index in [1.54, 1.807) is 30.6 Å². The maximum atomic E-state index is 13.2. The average molecular weight is 321 g/mol. The normalized spacial score (nSPS) is 10.5. The van der Waals surface area contributed by atoms with Crippen molar-refractivity contribution in [2.45, 2.75) is 12.8 Å². The number of carbonyl (C=O) groups excluding carboxylic acids is 1. The molecule has 2 aromatic heterocycles. The number of amides is 1. The lowest BCUT2D eigenvalue weighted by Gasteiger charge is -2.10. The number of halogens is 1. The number of aromatic nitrogens is 2. The highest BCUT2D eigenvalue weighted by Crippen LogP contribution is 2.25. The van der Waals surface area contributed by atoms with E-state index >= 15 is 0 Å². The largest absolute Gasteiger partial charge is 0.366 e. The zero-order valence-corrected chi connectivity index (χ0v) is 12.9. The molecule has 4 nitrogen and oxygen atoms in total. The summed E-state index contributed by atoms with van der Waals surface area (Å²) in [5.74, 6) is -0.845. The highest BCUT2D eigenvalue weighted by atomic mass is 19.1. The number of benzene rings is 1. The fourth-order valence-electron chi connectivity index (χ4n) is 2.52. The van der Waals surface area contributed by atoms with Crippen LogP contribution in [0.2, 0.25) is 0 Å². The Morgan fingerprint density at radius 1 is 1.04 bits per heavy atom. The van der Waals surface area contributed by atoms with Crippen LogP contribution in [0.4, 0.5) is 4.39 Å². The Balaban J connectivity index is 1.95. The van der Waals surface area contributed by atoms with Crippen LogP contribution < -0.4 is 5.73 Å². The summed E-state index contributed by atoms with van der Waals surface area (Å²) in [6.07, 6.45) is 6.46. The minimum atomic E-state index is -0.536.